The molecular weight excluding hydrogens is 336 g/mol. The highest BCUT2D eigenvalue weighted by Crippen LogP contribution is 2.07. The second-order valence-corrected chi connectivity index (χ2v) is 7.07. The van der Waals surface area contributed by atoms with Crippen molar-refractivity contribution in [3.63, 3.8) is 0 Å². The molecule has 1 fully saturated rings. The van der Waals surface area contributed by atoms with Gasteiger partial charge in [0.2, 0.25) is 5.91 Å². The Hall–Kier alpha value is -2.19. The second-order valence-electron chi connectivity index (χ2n) is 7.07. The third kappa shape index (κ3) is 5.40. The van der Waals surface area contributed by atoms with Gasteiger partial charge >= 0.3 is 5.69 Å². The molecule has 1 amide bonds. The summed E-state index contributed by atoms with van der Waals surface area (Å²) in [6, 6.07) is 0. The molecule has 1 aliphatic rings. The first-order chi connectivity index (χ1) is 12.3. The molecule has 1 N–H and O–H groups in total. The van der Waals surface area contributed by atoms with Gasteiger partial charge in [-0.25, -0.2) is 4.79 Å². The smallest absolute Gasteiger partial charge is 0.330 e. The third-order valence-corrected chi connectivity index (χ3v) is 4.24. The number of nitrogens with one attached hydrogen (secondary N) is 1. The maximum absolute atomic E-state index is 12.0. The number of aryl methyl sites for hydroxylation is 1. The van der Waals surface area contributed by atoms with Gasteiger partial charge in [-0.2, -0.15) is 0 Å². The standard InChI is InChI=1S/C18H28N4O4/c1-13(2)10-22-7-8-26-15(12-22)9-19-16(23)6-5-14-11-20(3)18(25)21(4)17(14)24/h5-6,11,13,15H,7-10,12H2,1-4H3,(H,19,23)/b6-5+. The van der Waals surface area contributed by atoms with Crippen LogP contribution in [0.3, 0.4) is 0 Å². The van der Waals surface area contributed by atoms with Crippen molar-refractivity contribution in [2.45, 2.75) is 20.0 Å². The normalized spacial score (nSPS) is 18.6. The molecule has 0 spiro atoms. The van der Waals surface area contributed by atoms with E-state index in [2.05, 4.69) is 24.1 Å². The zero-order valence-corrected chi connectivity index (χ0v) is 15.9. The van der Waals surface area contributed by atoms with Crippen LogP contribution < -0.4 is 16.6 Å². The number of hydrogen-bond acceptors (Lipinski definition) is 5. The van der Waals surface area contributed by atoms with Crippen LogP contribution in [0.15, 0.2) is 21.9 Å². The Balaban J connectivity index is 1.90. The maximum Gasteiger partial charge on any atom is 0.330 e. The van der Waals surface area contributed by atoms with E-state index >= 15 is 0 Å². The molecule has 1 saturated heterocycles. The van der Waals surface area contributed by atoms with Crippen molar-refractivity contribution in [3.05, 3.63) is 38.7 Å². The third-order valence-electron chi connectivity index (χ3n) is 4.24. The summed E-state index contributed by atoms with van der Waals surface area (Å²) in [7, 11) is 2.97. The lowest BCUT2D eigenvalue weighted by Gasteiger charge is -2.33. The molecule has 0 saturated carbocycles. The van der Waals surface area contributed by atoms with Gasteiger partial charge in [0, 0.05) is 52.5 Å². The van der Waals surface area contributed by atoms with Crippen molar-refractivity contribution in [2.75, 3.05) is 32.8 Å². The molecule has 0 aromatic carbocycles. The molecule has 1 aromatic heterocycles. The van der Waals surface area contributed by atoms with Crippen LogP contribution in [0.1, 0.15) is 19.4 Å². The number of aromatic nitrogens is 2. The predicted octanol–water partition coefficient (Wildman–Crippen LogP) is -0.430. The Bertz CT molecular complexity index is 778. The molecule has 8 heteroatoms. The molecule has 0 bridgehead atoms. The lowest BCUT2D eigenvalue weighted by molar-refractivity contribution is -0.117. The summed E-state index contributed by atoms with van der Waals surface area (Å²) in [5.74, 6) is 0.293. The highest BCUT2D eigenvalue weighted by atomic mass is 16.5. The van der Waals surface area contributed by atoms with Gasteiger partial charge in [-0.15, -0.1) is 0 Å². The summed E-state index contributed by atoms with van der Waals surface area (Å²) in [5.41, 5.74) is -0.559. The van der Waals surface area contributed by atoms with Gasteiger partial charge in [0.25, 0.3) is 5.56 Å². The van der Waals surface area contributed by atoms with E-state index in [1.807, 2.05) is 0 Å². The van der Waals surface area contributed by atoms with E-state index < -0.39 is 11.2 Å². The van der Waals surface area contributed by atoms with E-state index in [4.69, 9.17) is 4.74 Å². The first kappa shape index (κ1) is 20.1. The average Bonchev–Trinajstić information content (AvgIpc) is 2.60. The zero-order chi connectivity index (χ0) is 19.3. The molecule has 2 heterocycles. The number of carbonyl (C=O) groups is 1. The van der Waals surface area contributed by atoms with Crippen molar-refractivity contribution in [1.29, 1.82) is 0 Å². The Morgan fingerprint density at radius 1 is 1.38 bits per heavy atom. The first-order valence-corrected chi connectivity index (χ1v) is 8.84. The minimum atomic E-state index is -0.433. The van der Waals surface area contributed by atoms with Crippen LogP contribution in [-0.4, -0.2) is 58.8 Å². The monoisotopic (exact) mass is 364 g/mol. The van der Waals surface area contributed by atoms with E-state index in [-0.39, 0.29) is 17.6 Å². The second kappa shape index (κ2) is 8.95. The summed E-state index contributed by atoms with van der Waals surface area (Å²) >= 11 is 0. The molecule has 2 rings (SSSR count). The van der Waals surface area contributed by atoms with Crippen LogP contribution in [0.4, 0.5) is 0 Å². The summed E-state index contributed by atoms with van der Waals surface area (Å²) in [6.45, 7) is 8.17. The summed E-state index contributed by atoms with van der Waals surface area (Å²) < 4.78 is 8.01. The van der Waals surface area contributed by atoms with E-state index in [9.17, 15) is 14.4 Å². The molecule has 1 aromatic rings. The number of nitrogens with zero attached hydrogens (tertiary/aromatic N) is 3. The Morgan fingerprint density at radius 2 is 2.12 bits per heavy atom. The number of morpholine rings is 1. The topological polar surface area (TPSA) is 85.6 Å². The molecule has 1 atom stereocenters. The SMILES string of the molecule is CC(C)CN1CCOC(CNC(=O)/C=C/c2cn(C)c(=O)n(C)c2=O)C1. The summed E-state index contributed by atoms with van der Waals surface area (Å²) in [4.78, 5) is 38.0. The van der Waals surface area contributed by atoms with Gasteiger partial charge in [-0.1, -0.05) is 13.8 Å². The lowest BCUT2D eigenvalue weighted by atomic mass is 10.2. The minimum absolute atomic E-state index is 0.0368. The van der Waals surface area contributed by atoms with Crippen molar-refractivity contribution in [3.8, 4) is 0 Å². The molecule has 1 unspecified atom stereocenters. The van der Waals surface area contributed by atoms with Gasteiger partial charge in [0.05, 0.1) is 18.3 Å². The average molecular weight is 364 g/mol. The van der Waals surface area contributed by atoms with Crippen molar-refractivity contribution < 1.29 is 9.53 Å². The fourth-order valence-electron chi connectivity index (χ4n) is 2.98. The molecular formula is C18H28N4O4. The highest BCUT2D eigenvalue weighted by Gasteiger charge is 2.21. The van der Waals surface area contributed by atoms with E-state index in [1.54, 1.807) is 7.05 Å². The van der Waals surface area contributed by atoms with Crippen LogP contribution in [0, 0.1) is 5.92 Å². The molecule has 26 heavy (non-hydrogen) atoms. The molecule has 8 nitrogen and oxygen atoms in total. The quantitative estimate of drug-likeness (QED) is 0.693. The van der Waals surface area contributed by atoms with Crippen LogP contribution in [-0.2, 0) is 23.6 Å². The Kier molecular flexibility index (Phi) is 6.93. The lowest BCUT2D eigenvalue weighted by Crippen LogP contribution is -2.48. The van der Waals surface area contributed by atoms with Crippen molar-refractivity contribution in [1.82, 2.24) is 19.4 Å². The van der Waals surface area contributed by atoms with E-state index in [1.165, 1.54) is 30.0 Å². The predicted molar refractivity (Wildman–Crippen MR) is 100.0 cm³/mol. The molecule has 144 valence electrons. The number of amides is 1. The van der Waals surface area contributed by atoms with Crippen LogP contribution in [0.25, 0.3) is 6.08 Å². The highest BCUT2D eigenvalue weighted by molar-refractivity contribution is 5.91. The van der Waals surface area contributed by atoms with E-state index in [0.717, 1.165) is 24.2 Å². The maximum atomic E-state index is 12.0. The summed E-state index contributed by atoms with van der Waals surface area (Å²) in [5, 5.41) is 2.80. The largest absolute Gasteiger partial charge is 0.374 e. The van der Waals surface area contributed by atoms with Gasteiger partial charge in [0.1, 0.15) is 0 Å². The van der Waals surface area contributed by atoms with E-state index in [0.29, 0.717) is 19.1 Å². The van der Waals surface area contributed by atoms with Crippen LogP contribution in [0.2, 0.25) is 0 Å². The number of hydrogen-bond donors (Lipinski definition) is 1. The van der Waals surface area contributed by atoms with Crippen LogP contribution >= 0.6 is 0 Å². The van der Waals surface area contributed by atoms with Crippen LogP contribution in [0.5, 0.6) is 0 Å². The summed E-state index contributed by atoms with van der Waals surface area (Å²) in [6.07, 6.45) is 4.10. The van der Waals surface area contributed by atoms with Crippen molar-refractivity contribution >= 4 is 12.0 Å². The molecule has 1 aliphatic heterocycles. The fraction of sp³-hybridized carbons (Fsp3) is 0.611. The zero-order valence-electron chi connectivity index (χ0n) is 15.9. The number of carbonyl (C=O) groups excluding carboxylic acids is 1. The fourth-order valence-corrected chi connectivity index (χ4v) is 2.98. The number of rotatable bonds is 6. The Labute approximate surface area is 153 Å². The Morgan fingerprint density at radius 3 is 2.81 bits per heavy atom. The van der Waals surface area contributed by atoms with Gasteiger partial charge in [0.15, 0.2) is 0 Å². The van der Waals surface area contributed by atoms with Gasteiger partial charge in [-0.05, 0) is 12.0 Å². The van der Waals surface area contributed by atoms with Gasteiger partial charge < -0.3 is 14.6 Å². The number of ether oxygens (including phenoxy) is 1. The van der Waals surface area contributed by atoms with Crippen molar-refractivity contribution in [2.24, 2.45) is 20.0 Å². The molecule has 0 aliphatic carbocycles. The van der Waals surface area contributed by atoms with Gasteiger partial charge in [-0.3, -0.25) is 19.1 Å². The minimum Gasteiger partial charge on any atom is -0.374 e. The first-order valence-electron chi connectivity index (χ1n) is 8.84. The molecule has 0 radical (unpaired) electrons.